The zero-order valence-corrected chi connectivity index (χ0v) is 28.6. The number of rotatable bonds is 4. The summed E-state index contributed by atoms with van der Waals surface area (Å²) in [6.45, 7) is 12.7. The molecule has 10 nitrogen and oxygen atoms in total. The summed E-state index contributed by atoms with van der Waals surface area (Å²) < 4.78 is 11.3. The molecule has 48 heavy (non-hydrogen) atoms. The third-order valence-corrected chi connectivity index (χ3v) is 8.94. The first-order valence-electron chi connectivity index (χ1n) is 16.9. The van der Waals surface area contributed by atoms with Gasteiger partial charge in [0.25, 0.3) is 0 Å². The number of fused-ring (bicyclic) bond motifs is 2. The number of nitrogens with zero attached hydrogens (tertiary/aromatic N) is 4. The number of hydrogen-bond donors (Lipinski definition) is 2. The number of aromatic amines is 2. The van der Waals surface area contributed by atoms with E-state index in [0.717, 1.165) is 81.7 Å². The molecule has 0 radical (unpaired) electrons. The predicted octanol–water partition coefficient (Wildman–Crippen LogP) is 8.92. The highest BCUT2D eigenvalue weighted by Crippen LogP contribution is 2.36. The van der Waals surface area contributed by atoms with Crippen LogP contribution in [0.15, 0.2) is 60.7 Å². The summed E-state index contributed by atoms with van der Waals surface area (Å²) in [5, 5.41) is 0. The van der Waals surface area contributed by atoms with E-state index in [4.69, 9.17) is 19.4 Å². The van der Waals surface area contributed by atoms with Crippen LogP contribution in [0.5, 0.6) is 0 Å². The second-order valence-corrected chi connectivity index (χ2v) is 14.9. The Labute approximate surface area is 280 Å². The van der Waals surface area contributed by atoms with Crippen molar-refractivity contribution in [1.29, 1.82) is 0 Å². The van der Waals surface area contributed by atoms with E-state index in [1.54, 1.807) is 9.80 Å². The molecule has 2 atom stereocenters. The first kappa shape index (κ1) is 31.7. The van der Waals surface area contributed by atoms with Crippen molar-refractivity contribution in [3.8, 4) is 22.3 Å². The van der Waals surface area contributed by atoms with E-state index in [2.05, 4.69) is 58.5 Å². The summed E-state index contributed by atoms with van der Waals surface area (Å²) in [4.78, 5) is 46.0. The van der Waals surface area contributed by atoms with Crippen molar-refractivity contribution in [3.05, 3.63) is 72.3 Å². The highest BCUT2D eigenvalue weighted by molar-refractivity contribution is 5.85. The van der Waals surface area contributed by atoms with Crippen LogP contribution in [-0.2, 0) is 9.47 Å². The van der Waals surface area contributed by atoms with Crippen LogP contribution >= 0.6 is 0 Å². The van der Waals surface area contributed by atoms with Gasteiger partial charge in [0.2, 0.25) is 0 Å². The van der Waals surface area contributed by atoms with Gasteiger partial charge in [-0.1, -0.05) is 36.4 Å². The molecule has 3 aromatic carbocycles. The minimum absolute atomic E-state index is 0.125. The number of nitrogens with one attached hydrogen (secondary N) is 2. The molecule has 2 unspecified atom stereocenters. The average Bonchev–Trinajstić information content (AvgIpc) is 3.83. The standard InChI is InChI=1S/C38H44N6O4/c1-37(2,3)47-35(45)43-19-7-9-31(43)33-39-27-17-15-25(21-29(27)41-33)23-11-13-24(14-12-23)26-16-18-28-30(22-26)42-34(40-28)32-10-8-20-44(32)36(46)48-38(4,5)6/h11-18,21-22,31-32H,7-10,19-20H2,1-6H3,(H,39,41)(H,40,42). The first-order valence-corrected chi connectivity index (χ1v) is 16.9. The van der Waals surface area contributed by atoms with Gasteiger partial charge in [0.1, 0.15) is 22.9 Å². The molecular weight excluding hydrogens is 604 g/mol. The third kappa shape index (κ3) is 6.48. The minimum Gasteiger partial charge on any atom is -0.444 e. The number of carbonyl (C=O) groups excluding carboxylic acids is 2. The topological polar surface area (TPSA) is 116 Å². The molecule has 7 rings (SSSR count). The number of likely N-dealkylation sites (tertiary alicyclic amines) is 2. The maximum Gasteiger partial charge on any atom is 0.410 e. The number of aromatic nitrogens is 4. The molecular formula is C38H44N6O4. The van der Waals surface area contributed by atoms with E-state index in [9.17, 15) is 9.59 Å². The zero-order valence-electron chi connectivity index (χ0n) is 28.6. The third-order valence-electron chi connectivity index (χ3n) is 8.94. The van der Waals surface area contributed by atoms with Gasteiger partial charge >= 0.3 is 12.2 Å². The van der Waals surface area contributed by atoms with Gasteiger partial charge < -0.3 is 19.4 Å². The first-order chi connectivity index (χ1) is 22.8. The van der Waals surface area contributed by atoms with Crippen molar-refractivity contribution >= 4 is 34.3 Å². The van der Waals surface area contributed by atoms with Gasteiger partial charge in [0.15, 0.2) is 0 Å². The molecule has 4 heterocycles. The second kappa shape index (κ2) is 12.0. The molecule has 2 aliphatic rings. The van der Waals surface area contributed by atoms with Crippen molar-refractivity contribution in [2.24, 2.45) is 0 Å². The van der Waals surface area contributed by atoms with Gasteiger partial charge in [-0.15, -0.1) is 0 Å². The monoisotopic (exact) mass is 648 g/mol. The van der Waals surface area contributed by atoms with E-state index in [-0.39, 0.29) is 24.3 Å². The fraction of sp³-hybridized carbons (Fsp3) is 0.421. The van der Waals surface area contributed by atoms with E-state index >= 15 is 0 Å². The van der Waals surface area contributed by atoms with E-state index < -0.39 is 11.2 Å². The van der Waals surface area contributed by atoms with Crippen molar-refractivity contribution in [2.45, 2.75) is 90.5 Å². The molecule has 2 amide bonds. The Hall–Kier alpha value is -4.86. The molecule has 250 valence electrons. The van der Waals surface area contributed by atoms with Gasteiger partial charge in [-0.3, -0.25) is 9.80 Å². The van der Waals surface area contributed by atoms with Crippen LogP contribution in [0.1, 0.15) is 91.0 Å². The molecule has 2 aromatic heterocycles. The summed E-state index contributed by atoms with van der Waals surface area (Å²) in [5.41, 5.74) is 6.91. The lowest BCUT2D eigenvalue weighted by molar-refractivity contribution is 0.0208. The van der Waals surface area contributed by atoms with Crippen LogP contribution in [-0.4, -0.2) is 66.2 Å². The smallest absolute Gasteiger partial charge is 0.410 e. The number of imidazole rings is 2. The van der Waals surface area contributed by atoms with E-state index in [0.29, 0.717) is 13.1 Å². The van der Waals surface area contributed by atoms with E-state index in [1.807, 2.05) is 53.7 Å². The molecule has 2 N–H and O–H groups in total. The lowest BCUT2D eigenvalue weighted by Crippen LogP contribution is -2.36. The summed E-state index contributed by atoms with van der Waals surface area (Å²) >= 11 is 0. The van der Waals surface area contributed by atoms with Gasteiger partial charge in [0.05, 0.1) is 34.2 Å². The Bertz CT molecular complexity index is 1840. The SMILES string of the molecule is CC(C)(C)OC(=O)N1CCCC1c1nc2ccc(-c3ccc(-c4ccc5nc(C6CCCN6C(=O)OC(C)(C)C)[nH]c5c4)cc3)cc2[nH]1. The van der Waals surface area contributed by atoms with E-state index in [1.165, 1.54) is 0 Å². The number of amides is 2. The quantitative estimate of drug-likeness (QED) is 0.201. The number of benzene rings is 3. The average molecular weight is 649 g/mol. The molecule has 0 saturated carbocycles. The molecule has 0 spiro atoms. The molecule has 2 fully saturated rings. The van der Waals surface area contributed by atoms with Crippen LogP contribution < -0.4 is 0 Å². The number of H-pyrrole nitrogens is 2. The van der Waals surface area contributed by atoms with Crippen LogP contribution in [0.4, 0.5) is 9.59 Å². The minimum atomic E-state index is -0.542. The lowest BCUT2D eigenvalue weighted by Gasteiger charge is -2.27. The Morgan fingerprint density at radius 2 is 1.00 bits per heavy atom. The highest BCUT2D eigenvalue weighted by atomic mass is 16.6. The highest BCUT2D eigenvalue weighted by Gasteiger charge is 2.36. The number of hydrogen-bond acceptors (Lipinski definition) is 6. The van der Waals surface area contributed by atoms with Gasteiger partial charge in [0, 0.05) is 13.1 Å². The van der Waals surface area contributed by atoms with Crippen LogP contribution in [0.3, 0.4) is 0 Å². The molecule has 0 aliphatic carbocycles. The normalized spacial score (nSPS) is 18.6. The molecule has 0 bridgehead atoms. The predicted molar refractivity (Wildman–Crippen MR) is 186 cm³/mol. The van der Waals surface area contributed by atoms with Crippen molar-refractivity contribution in [2.75, 3.05) is 13.1 Å². The molecule has 2 aliphatic heterocycles. The summed E-state index contributed by atoms with van der Waals surface area (Å²) in [6, 6.07) is 20.8. The molecule has 10 heteroatoms. The van der Waals surface area contributed by atoms with Crippen molar-refractivity contribution in [3.63, 3.8) is 0 Å². The van der Waals surface area contributed by atoms with Crippen molar-refractivity contribution < 1.29 is 19.1 Å². The molecule has 5 aromatic rings. The largest absolute Gasteiger partial charge is 0.444 e. The Balaban J connectivity index is 1.08. The van der Waals surface area contributed by atoms with Gasteiger partial charge in [-0.25, -0.2) is 19.6 Å². The zero-order chi connectivity index (χ0) is 33.8. The maximum absolute atomic E-state index is 12.9. The van der Waals surface area contributed by atoms with Gasteiger partial charge in [-0.05, 0) is 114 Å². The Morgan fingerprint density at radius 1 is 0.625 bits per heavy atom. The van der Waals surface area contributed by atoms with Crippen molar-refractivity contribution in [1.82, 2.24) is 29.7 Å². The fourth-order valence-electron chi connectivity index (χ4n) is 6.77. The number of ether oxygens (including phenoxy) is 2. The maximum atomic E-state index is 12.9. The van der Waals surface area contributed by atoms with Gasteiger partial charge in [-0.2, -0.15) is 0 Å². The lowest BCUT2D eigenvalue weighted by atomic mass is 10.00. The summed E-state index contributed by atoms with van der Waals surface area (Å²) in [5.74, 6) is 1.59. The summed E-state index contributed by atoms with van der Waals surface area (Å²) in [6.07, 6.45) is 2.95. The number of carbonyl (C=O) groups is 2. The van der Waals surface area contributed by atoms with Crippen LogP contribution in [0.2, 0.25) is 0 Å². The van der Waals surface area contributed by atoms with Crippen LogP contribution in [0.25, 0.3) is 44.3 Å². The summed E-state index contributed by atoms with van der Waals surface area (Å²) in [7, 11) is 0. The van der Waals surface area contributed by atoms with Crippen LogP contribution in [0, 0.1) is 0 Å². The Morgan fingerprint density at radius 3 is 1.38 bits per heavy atom. The molecule has 2 saturated heterocycles. The fourth-order valence-corrected chi connectivity index (χ4v) is 6.77. The second-order valence-electron chi connectivity index (χ2n) is 14.9. The Kier molecular flexibility index (Phi) is 7.92.